The first-order valence-corrected chi connectivity index (χ1v) is 11.9. The van der Waals surface area contributed by atoms with Gasteiger partial charge in [0.05, 0.1) is 25.0 Å². The Morgan fingerprint density at radius 3 is 2.52 bits per heavy atom. The molecule has 2 aromatic rings. The van der Waals surface area contributed by atoms with Crippen LogP contribution < -0.4 is 14.8 Å². The van der Waals surface area contributed by atoms with E-state index in [1.807, 2.05) is 18.2 Å². The van der Waals surface area contributed by atoms with E-state index in [-0.39, 0.29) is 23.3 Å². The number of ether oxygens (including phenoxy) is 2. The van der Waals surface area contributed by atoms with Crippen LogP contribution in [0.4, 0.5) is 0 Å². The Kier molecular flexibility index (Phi) is 7.80. The summed E-state index contributed by atoms with van der Waals surface area (Å²) < 4.78 is 37.7. The van der Waals surface area contributed by atoms with Gasteiger partial charge >= 0.3 is 0 Å². The first kappa shape index (κ1) is 23.4. The average molecular weight is 467 g/mol. The maximum absolute atomic E-state index is 12.9. The molecule has 0 unspecified atom stereocenters. The molecule has 0 aliphatic carbocycles. The number of halogens is 1. The Labute approximate surface area is 188 Å². The van der Waals surface area contributed by atoms with Crippen LogP contribution in [0.3, 0.4) is 0 Å². The number of carbonyl (C=O) groups excluding carboxylic acids is 1. The Morgan fingerprint density at radius 1 is 1.13 bits per heavy atom. The molecule has 1 atom stereocenters. The van der Waals surface area contributed by atoms with Crippen molar-refractivity contribution in [2.45, 2.75) is 24.2 Å². The number of nitrogens with one attached hydrogen (secondary N) is 1. The summed E-state index contributed by atoms with van der Waals surface area (Å²) in [6.07, 6.45) is 1.93. The lowest BCUT2D eigenvalue weighted by Gasteiger charge is -2.31. The molecule has 9 heteroatoms. The highest BCUT2D eigenvalue weighted by molar-refractivity contribution is 7.89. The highest BCUT2D eigenvalue weighted by atomic mass is 35.5. The molecule has 0 radical (unpaired) electrons. The minimum absolute atomic E-state index is 0.128. The molecule has 0 aromatic heterocycles. The van der Waals surface area contributed by atoms with Gasteiger partial charge in [-0.05, 0) is 61.2 Å². The molecule has 1 aliphatic rings. The van der Waals surface area contributed by atoms with Gasteiger partial charge in [-0.1, -0.05) is 17.7 Å². The molecule has 2 aromatic carbocycles. The highest BCUT2D eigenvalue weighted by Crippen LogP contribution is 2.28. The van der Waals surface area contributed by atoms with Crippen molar-refractivity contribution in [1.82, 2.24) is 9.62 Å². The van der Waals surface area contributed by atoms with E-state index in [0.717, 1.165) is 5.56 Å². The number of methoxy groups -OCH3 is 2. The maximum atomic E-state index is 12.9. The highest BCUT2D eigenvalue weighted by Gasteiger charge is 2.33. The molecular weight excluding hydrogens is 440 g/mol. The first-order chi connectivity index (χ1) is 14.8. The second-order valence-electron chi connectivity index (χ2n) is 7.39. The molecule has 1 N–H and O–H groups in total. The lowest BCUT2D eigenvalue weighted by Crippen LogP contribution is -2.45. The van der Waals surface area contributed by atoms with Crippen LogP contribution in [-0.2, 0) is 21.2 Å². The minimum atomic E-state index is -3.65. The Hall–Kier alpha value is -2.29. The molecule has 1 saturated heterocycles. The molecular formula is C22H27ClN2O5S. The zero-order chi connectivity index (χ0) is 22.4. The fraction of sp³-hybridized carbons (Fsp3) is 0.409. The Bertz CT molecular complexity index is 1010. The standard InChI is InChI=1S/C22H27ClN2O5S/c1-29-20-10-5-16(14-21(20)30-2)11-12-24-22(26)17-4-3-13-25(15-17)31(27,28)19-8-6-18(23)7-9-19/h5-10,14,17H,3-4,11-13,15H2,1-2H3,(H,24,26)/t17-/m1/s1. The molecule has 0 saturated carbocycles. The van der Waals surface area contributed by atoms with E-state index in [9.17, 15) is 13.2 Å². The van der Waals surface area contributed by atoms with Crippen molar-refractivity contribution in [3.63, 3.8) is 0 Å². The van der Waals surface area contributed by atoms with Crippen molar-refractivity contribution in [1.29, 1.82) is 0 Å². The van der Waals surface area contributed by atoms with E-state index in [0.29, 0.717) is 48.9 Å². The summed E-state index contributed by atoms with van der Waals surface area (Å²) in [4.78, 5) is 12.9. The molecule has 1 heterocycles. The summed E-state index contributed by atoms with van der Waals surface area (Å²) in [5.74, 6) is 0.791. The SMILES string of the molecule is COc1ccc(CCNC(=O)[C@@H]2CCCN(S(=O)(=O)c3ccc(Cl)cc3)C2)cc1OC. The lowest BCUT2D eigenvalue weighted by atomic mass is 9.99. The van der Waals surface area contributed by atoms with Crippen molar-refractivity contribution in [2.75, 3.05) is 33.9 Å². The van der Waals surface area contributed by atoms with E-state index in [1.165, 1.54) is 16.4 Å². The number of carbonyl (C=O) groups is 1. The lowest BCUT2D eigenvalue weighted by molar-refractivity contribution is -0.126. The van der Waals surface area contributed by atoms with E-state index in [1.54, 1.807) is 26.4 Å². The van der Waals surface area contributed by atoms with Crippen LogP contribution in [0.25, 0.3) is 0 Å². The van der Waals surface area contributed by atoms with Crippen LogP contribution in [0.5, 0.6) is 11.5 Å². The van der Waals surface area contributed by atoms with Crippen molar-refractivity contribution in [3.8, 4) is 11.5 Å². The minimum Gasteiger partial charge on any atom is -0.493 e. The third-order valence-corrected chi connectivity index (χ3v) is 7.50. The van der Waals surface area contributed by atoms with Crippen LogP contribution in [0.1, 0.15) is 18.4 Å². The molecule has 1 aliphatic heterocycles. The van der Waals surface area contributed by atoms with Crippen LogP contribution >= 0.6 is 11.6 Å². The third-order valence-electron chi connectivity index (χ3n) is 5.37. The van der Waals surface area contributed by atoms with Gasteiger partial charge in [0.25, 0.3) is 0 Å². The van der Waals surface area contributed by atoms with Crippen molar-refractivity contribution in [3.05, 3.63) is 53.1 Å². The summed E-state index contributed by atoms with van der Waals surface area (Å²) in [5.41, 5.74) is 1.01. The molecule has 0 spiro atoms. The zero-order valence-electron chi connectivity index (χ0n) is 17.6. The summed E-state index contributed by atoms with van der Waals surface area (Å²) in [5, 5.41) is 3.41. The van der Waals surface area contributed by atoms with E-state index >= 15 is 0 Å². The van der Waals surface area contributed by atoms with E-state index in [2.05, 4.69) is 5.32 Å². The van der Waals surface area contributed by atoms with Crippen LogP contribution in [0, 0.1) is 5.92 Å². The predicted molar refractivity (Wildman–Crippen MR) is 119 cm³/mol. The van der Waals surface area contributed by atoms with Crippen LogP contribution in [-0.4, -0.2) is 52.5 Å². The second kappa shape index (κ2) is 10.3. The third kappa shape index (κ3) is 5.70. The topological polar surface area (TPSA) is 84.9 Å². The first-order valence-electron chi connectivity index (χ1n) is 10.1. The molecule has 7 nitrogen and oxygen atoms in total. The second-order valence-corrected chi connectivity index (χ2v) is 9.76. The molecule has 31 heavy (non-hydrogen) atoms. The molecule has 3 rings (SSSR count). The molecule has 1 fully saturated rings. The van der Waals surface area contributed by atoms with Crippen LogP contribution in [0.15, 0.2) is 47.4 Å². The summed E-state index contributed by atoms with van der Waals surface area (Å²) in [6, 6.07) is 11.7. The number of hydrogen-bond donors (Lipinski definition) is 1. The number of nitrogens with zero attached hydrogens (tertiary/aromatic N) is 1. The van der Waals surface area contributed by atoms with Crippen molar-refractivity contribution in [2.24, 2.45) is 5.92 Å². The van der Waals surface area contributed by atoms with Gasteiger partial charge in [-0.15, -0.1) is 0 Å². The van der Waals surface area contributed by atoms with Gasteiger partial charge in [-0.25, -0.2) is 8.42 Å². The van der Waals surface area contributed by atoms with E-state index in [4.69, 9.17) is 21.1 Å². The van der Waals surface area contributed by atoms with Gasteiger partial charge in [0, 0.05) is 24.7 Å². The van der Waals surface area contributed by atoms with Gasteiger partial charge in [0.2, 0.25) is 15.9 Å². The number of amides is 1. The summed E-state index contributed by atoms with van der Waals surface area (Å²) >= 11 is 5.86. The largest absolute Gasteiger partial charge is 0.493 e. The summed E-state index contributed by atoms with van der Waals surface area (Å²) in [6.45, 7) is 1.03. The molecule has 168 valence electrons. The average Bonchev–Trinajstić information content (AvgIpc) is 2.79. The Morgan fingerprint density at radius 2 is 1.84 bits per heavy atom. The number of hydrogen-bond acceptors (Lipinski definition) is 5. The van der Waals surface area contributed by atoms with Gasteiger partial charge in [-0.3, -0.25) is 4.79 Å². The fourth-order valence-electron chi connectivity index (χ4n) is 3.64. The van der Waals surface area contributed by atoms with Crippen molar-refractivity contribution < 1.29 is 22.7 Å². The molecule has 0 bridgehead atoms. The fourth-order valence-corrected chi connectivity index (χ4v) is 5.29. The van der Waals surface area contributed by atoms with E-state index < -0.39 is 10.0 Å². The van der Waals surface area contributed by atoms with Gasteiger partial charge in [0.1, 0.15) is 0 Å². The predicted octanol–water partition coefficient (Wildman–Crippen LogP) is 3.12. The number of rotatable bonds is 8. The smallest absolute Gasteiger partial charge is 0.243 e. The summed E-state index contributed by atoms with van der Waals surface area (Å²) in [7, 11) is -0.493. The maximum Gasteiger partial charge on any atom is 0.243 e. The molecule has 1 amide bonds. The quantitative estimate of drug-likeness (QED) is 0.646. The van der Waals surface area contributed by atoms with Gasteiger partial charge in [0.15, 0.2) is 11.5 Å². The van der Waals surface area contributed by atoms with Gasteiger partial charge < -0.3 is 14.8 Å². The monoisotopic (exact) mass is 466 g/mol. The van der Waals surface area contributed by atoms with Crippen molar-refractivity contribution >= 4 is 27.5 Å². The normalized spacial score (nSPS) is 17.2. The number of sulfonamides is 1. The van der Waals surface area contributed by atoms with Crippen LogP contribution in [0.2, 0.25) is 5.02 Å². The number of piperidine rings is 1. The zero-order valence-corrected chi connectivity index (χ0v) is 19.2. The van der Waals surface area contributed by atoms with Gasteiger partial charge in [-0.2, -0.15) is 4.31 Å². The number of benzene rings is 2. The Balaban J connectivity index is 1.57.